The summed E-state index contributed by atoms with van der Waals surface area (Å²) in [7, 11) is 0. The fourth-order valence-electron chi connectivity index (χ4n) is 3.20. The van der Waals surface area contributed by atoms with Crippen molar-refractivity contribution in [1.82, 2.24) is 15.1 Å². The zero-order valence-corrected chi connectivity index (χ0v) is 15.5. The van der Waals surface area contributed by atoms with Crippen molar-refractivity contribution < 1.29 is 13.6 Å². The van der Waals surface area contributed by atoms with Crippen molar-refractivity contribution in [1.29, 1.82) is 0 Å². The highest BCUT2D eigenvalue weighted by molar-refractivity contribution is 5.95. The number of nitrogens with zero attached hydrogens (tertiary/aromatic N) is 5. The molecule has 0 aliphatic carbocycles. The highest BCUT2D eigenvalue weighted by atomic mass is 19.1. The van der Waals surface area contributed by atoms with Crippen molar-refractivity contribution in [3.05, 3.63) is 47.5 Å². The van der Waals surface area contributed by atoms with Gasteiger partial charge in [-0.1, -0.05) is 6.07 Å². The van der Waals surface area contributed by atoms with Crippen LogP contribution in [-0.2, 0) is 0 Å². The minimum Gasteiger partial charge on any atom is -0.356 e. The summed E-state index contributed by atoms with van der Waals surface area (Å²) < 4.78 is 27.7. The van der Waals surface area contributed by atoms with Crippen molar-refractivity contribution >= 4 is 17.5 Å². The molecule has 6 nitrogen and oxygen atoms in total. The lowest BCUT2D eigenvalue weighted by Crippen LogP contribution is -2.49. The van der Waals surface area contributed by atoms with Crippen molar-refractivity contribution in [2.24, 2.45) is 0 Å². The number of carbonyl (C=O) groups excluding carboxylic acids is 1. The molecule has 0 unspecified atom stereocenters. The molecule has 2 heterocycles. The zero-order valence-electron chi connectivity index (χ0n) is 15.5. The van der Waals surface area contributed by atoms with Crippen LogP contribution in [0.2, 0.25) is 0 Å². The van der Waals surface area contributed by atoms with Crippen LogP contribution >= 0.6 is 0 Å². The molecular weight excluding hydrogens is 352 g/mol. The van der Waals surface area contributed by atoms with E-state index in [1.54, 1.807) is 0 Å². The molecule has 3 rings (SSSR count). The molecule has 0 spiro atoms. The van der Waals surface area contributed by atoms with E-state index in [0.717, 1.165) is 36.9 Å². The van der Waals surface area contributed by atoms with Crippen molar-refractivity contribution in [3.63, 3.8) is 0 Å². The molecule has 0 radical (unpaired) electrons. The molecule has 8 heteroatoms. The molecule has 2 aromatic rings. The zero-order chi connectivity index (χ0) is 19.4. The third-order valence-electron chi connectivity index (χ3n) is 4.79. The summed E-state index contributed by atoms with van der Waals surface area (Å²) in [6.07, 6.45) is 0. The first-order valence-corrected chi connectivity index (χ1v) is 9.12. The summed E-state index contributed by atoms with van der Waals surface area (Å²) >= 11 is 0. The molecule has 1 aromatic heterocycles. The Bertz CT molecular complexity index is 767. The smallest absolute Gasteiger partial charge is 0.259 e. The van der Waals surface area contributed by atoms with Gasteiger partial charge in [0.25, 0.3) is 5.91 Å². The number of halogens is 2. The normalized spacial score (nSPS) is 14.4. The SMILES string of the molecule is CCN(CC)c1ccc(N2CCN(C(=O)c3c(F)cccc3F)CC2)nn1. The lowest BCUT2D eigenvalue weighted by atomic mass is 10.1. The standard InChI is InChI=1S/C19H23F2N5O/c1-3-24(4-2)16-8-9-17(23-22-16)25-10-12-26(13-11-25)19(27)18-14(20)6-5-7-15(18)21/h5-9H,3-4,10-13H2,1-2H3. The van der Waals surface area contributed by atoms with E-state index in [0.29, 0.717) is 26.2 Å². The number of aromatic nitrogens is 2. The van der Waals surface area contributed by atoms with Gasteiger partial charge in [-0.2, -0.15) is 0 Å². The van der Waals surface area contributed by atoms with Gasteiger partial charge in [-0.15, -0.1) is 10.2 Å². The highest BCUT2D eigenvalue weighted by Crippen LogP contribution is 2.19. The van der Waals surface area contributed by atoms with E-state index < -0.39 is 23.1 Å². The molecule has 0 saturated carbocycles. The molecule has 1 amide bonds. The second kappa shape index (κ2) is 8.28. The highest BCUT2D eigenvalue weighted by Gasteiger charge is 2.27. The van der Waals surface area contributed by atoms with Crippen LogP contribution in [0, 0.1) is 11.6 Å². The molecule has 1 aromatic carbocycles. The molecule has 1 saturated heterocycles. The lowest BCUT2D eigenvalue weighted by Gasteiger charge is -2.35. The predicted octanol–water partition coefficient (Wildman–Crippen LogP) is 2.56. The average molecular weight is 375 g/mol. The second-order valence-corrected chi connectivity index (χ2v) is 6.30. The number of hydrogen-bond donors (Lipinski definition) is 0. The minimum absolute atomic E-state index is 0.367. The number of rotatable bonds is 5. The van der Waals surface area contributed by atoms with Gasteiger partial charge in [0.15, 0.2) is 11.6 Å². The van der Waals surface area contributed by atoms with Crippen LogP contribution < -0.4 is 9.80 Å². The number of benzene rings is 1. The van der Waals surface area contributed by atoms with E-state index in [2.05, 4.69) is 28.9 Å². The molecule has 144 valence electrons. The van der Waals surface area contributed by atoms with E-state index >= 15 is 0 Å². The number of hydrogen-bond acceptors (Lipinski definition) is 5. The molecule has 1 aliphatic rings. The molecule has 0 bridgehead atoms. The summed E-state index contributed by atoms with van der Waals surface area (Å²) in [6, 6.07) is 7.29. The summed E-state index contributed by atoms with van der Waals surface area (Å²) in [4.78, 5) is 18.1. The summed E-state index contributed by atoms with van der Waals surface area (Å²) in [5.41, 5.74) is -0.491. The molecule has 1 fully saturated rings. The Morgan fingerprint density at radius 3 is 2.15 bits per heavy atom. The van der Waals surface area contributed by atoms with Crippen molar-refractivity contribution in [3.8, 4) is 0 Å². The van der Waals surface area contributed by atoms with E-state index in [9.17, 15) is 13.6 Å². The largest absolute Gasteiger partial charge is 0.356 e. The number of anilines is 2. The van der Waals surface area contributed by atoms with Gasteiger partial charge in [0.05, 0.1) is 0 Å². The maximum Gasteiger partial charge on any atom is 0.259 e. The molecule has 1 aliphatic heterocycles. The summed E-state index contributed by atoms with van der Waals surface area (Å²) in [5, 5.41) is 8.56. The molecule has 0 atom stereocenters. The number of amides is 1. The Kier molecular flexibility index (Phi) is 5.83. The minimum atomic E-state index is -0.833. The van der Waals surface area contributed by atoms with E-state index in [4.69, 9.17) is 0 Å². The van der Waals surface area contributed by atoms with Gasteiger partial charge < -0.3 is 14.7 Å². The Labute approximate surface area is 157 Å². The predicted molar refractivity (Wildman–Crippen MR) is 100 cm³/mol. The van der Waals surface area contributed by atoms with Gasteiger partial charge >= 0.3 is 0 Å². The van der Waals surface area contributed by atoms with Gasteiger partial charge in [0, 0.05) is 39.3 Å². The lowest BCUT2D eigenvalue weighted by molar-refractivity contribution is 0.0736. The summed E-state index contributed by atoms with van der Waals surface area (Å²) in [6.45, 7) is 7.64. The van der Waals surface area contributed by atoms with E-state index in [1.165, 1.54) is 11.0 Å². The maximum absolute atomic E-state index is 13.8. The second-order valence-electron chi connectivity index (χ2n) is 6.30. The number of carbonyl (C=O) groups is 1. The van der Waals surface area contributed by atoms with Crippen molar-refractivity contribution in [2.75, 3.05) is 49.1 Å². The Morgan fingerprint density at radius 1 is 1.00 bits per heavy atom. The average Bonchev–Trinajstić information content (AvgIpc) is 2.69. The first-order chi connectivity index (χ1) is 13.0. The third-order valence-corrected chi connectivity index (χ3v) is 4.79. The molecule has 0 N–H and O–H groups in total. The van der Waals surface area contributed by atoms with Gasteiger partial charge in [-0.3, -0.25) is 4.79 Å². The maximum atomic E-state index is 13.8. The molecular formula is C19H23F2N5O. The van der Waals surface area contributed by atoms with Crippen LogP contribution in [0.15, 0.2) is 30.3 Å². The Hall–Kier alpha value is -2.77. The fraction of sp³-hybridized carbons (Fsp3) is 0.421. The first-order valence-electron chi connectivity index (χ1n) is 9.12. The van der Waals surface area contributed by atoms with Gasteiger partial charge in [-0.05, 0) is 38.1 Å². The summed E-state index contributed by atoms with van der Waals surface area (Å²) in [5.74, 6) is -0.726. The van der Waals surface area contributed by atoms with Crippen LogP contribution in [0.1, 0.15) is 24.2 Å². The van der Waals surface area contributed by atoms with Crippen LogP contribution in [0.4, 0.5) is 20.4 Å². The molecule has 27 heavy (non-hydrogen) atoms. The van der Waals surface area contributed by atoms with Gasteiger partial charge in [0.2, 0.25) is 0 Å². The quantitative estimate of drug-likeness (QED) is 0.804. The van der Waals surface area contributed by atoms with Crippen LogP contribution in [0.25, 0.3) is 0 Å². The van der Waals surface area contributed by atoms with E-state index in [1.807, 2.05) is 17.0 Å². The van der Waals surface area contributed by atoms with Gasteiger partial charge in [-0.25, -0.2) is 8.78 Å². The fourth-order valence-corrected chi connectivity index (χ4v) is 3.20. The van der Waals surface area contributed by atoms with Gasteiger partial charge in [0.1, 0.15) is 17.2 Å². The van der Waals surface area contributed by atoms with Crippen LogP contribution in [0.5, 0.6) is 0 Å². The third kappa shape index (κ3) is 3.99. The first kappa shape index (κ1) is 19.0. The monoisotopic (exact) mass is 375 g/mol. The van der Waals surface area contributed by atoms with Crippen molar-refractivity contribution in [2.45, 2.75) is 13.8 Å². The number of piperazine rings is 1. The van der Waals surface area contributed by atoms with Crippen LogP contribution in [0.3, 0.4) is 0 Å². The van der Waals surface area contributed by atoms with Crippen LogP contribution in [-0.4, -0.2) is 60.3 Å². The topological polar surface area (TPSA) is 52.6 Å². The Morgan fingerprint density at radius 2 is 1.63 bits per heavy atom. The Balaban J connectivity index is 1.64. The van der Waals surface area contributed by atoms with E-state index in [-0.39, 0.29) is 0 Å².